The van der Waals surface area contributed by atoms with Gasteiger partial charge in [-0.3, -0.25) is 9.59 Å². The topological polar surface area (TPSA) is 46.2 Å². The molecule has 0 atom stereocenters. The molecule has 4 heteroatoms. The zero-order chi connectivity index (χ0) is 13.6. The summed E-state index contributed by atoms with van der Waals surface area (Å²) in [5, 5.41) is 2.97. The van der Waals surface area contributed by atoms with Crippen molar-refractivity contribution in [3.8, 4) is 0 Å². The van der Waals surface area contributed by atoms with Gasteiger partial charge in [0.25, 0.3) is 0 Å². The summed E-state index contributed by atoms with van der Waals surface area (Å²) in [4.78, 5) is 25.0. The lowest BCUT2D eigenvalue weighted by atomic mass is 9.83. The van der Waals surface area contributed by atoms with E-state index in [0.717, 1.165) is 4.47 Å². The first-order valence-electron chi connectivity index (χ1n) is 5.83. The molecule has 0 amide bonds. The van der Waals surface area contributed by atoms with Crippen molar-refractivity contribution in [2.75, 3.05) is 12.4 Å². The minimum Gasteiger partial charge on any atom is -0.387 e. The smallest absolute Gasteiger partial charge is 0.196 e. The van der Waals surface area contributed by atoms with Gasteiger partial charge in [-0.05, 0) is 12.1 Å². The Morgan fingerprint density at radius 2 is 1.58 bits per heavy atom. The number of fused-ring (bicyclic) bond motifs is 2. The van der Waals surface area contributed by atoms with E-state index in [4.69, 9.17) is 0 Å². The lowest BCUT2D eigenvalue weighted by molar-refractivity contribution is 0.0979. The predicted octanol–water partition coefficient (Wildman–Crippen LogP) is 3.27. The average Bonchev–Trinajstić information content (AvgIpc) is 2.43. The number of hydrogen-bond acceptors (Lipinski definition) is 3. The summed E-state index contributed by atoms with van der Waals surface area (Å²) in [5.74, 6) is -0.218. The lowest BCUT2D eigenvalue weighted by Gasteiger charge is -2.20. The van der Waals surface area contributed by atoms with Crippen LogP contribution in [0.5, 0.6) is 0 Å². The number of nitrogens with one attached hydrogen (secondary N) is 1. The molecule has 0 unspecified atom stereocenters. The summed E-state index contributed by atoms with van der Waals surface area (Å²) in [5.41, 5.74) is 2.51. The maximum atomic E-state index is 12.5. The third kappa shape index (κ3) is 1.71. The molecule has 0 aliphatic heterocycles. The molecule has 1 aliphatic rings. The molecule has 0 bridgehead atoms. The van der Waals surface area contributed by atoms with E-state index < -0.39 is 0 Å². The van der Waals surface area contributed by atoms with E-state index in [9.17, 15) is 9.59 Å². The van der Waals surface area contributed by atoms with Crippen molar-refractivity contribution in [2.45, 2.75) is 0 Å². The van der Waals surface area contributed by atoms with E-state index in [-0.39, 0.29) is 11.6 Å². The van der Waals surface area contributed by atoms with Crippen LogP contribution in [0.4, 0.5) is 5.69 Å². The monoisotopic (exact) mass is 315 g/mol. The fourth-order valence-corrected chi connectivity index (χ4v) is 2.84. The highest BCUT2D eigenvalue weighted by molar-refractivity contribution is 9.10. The number of carbonyl (C=O) groups is 2. The van der Waals surface area contributed by atoms with E-state index >= 15 is 0 Å². The van der Waals surface area contributed by atoms with Crippen LogP contribution in [0.25, 0.3) is 0 Å². The molecule has 3 rings (SSSR count). The van der Waals surface area contributed by atoms with Crippen LogP contribution in [-0.4, -0.2) is 18.6 Å². The summed E-state index contributed by atoms with van der Waals surface area (Å²) < 4.78 is 0.774. The summed E-state index contributed by atoms with van der Waals surface area (Å²) in [6.45, 7) is 0. The van der Waals surface area contributed by atoms with E-state index in [2.05, 4.69) is 21.2 Å². The van der Waals surface area contributed by atoms with Crippen LogP contribution in [0.1, 0.15) is 31.8 Å². The third-order valence-electron chi connectivity index (χ3n) is 3.26. The quantitative estimate of drug-likeness (QED) is 0.749. The van der Waals surface area contributed by atoms with E-state index in [1.54, 1.807) is 43.4 Å². The van der Waals surface area contributed by atoms with Crippen LogP contribution in [0, 0.1) is 0 Å². The predicted molar refractivity (Wildman–Crippen MR) is 77.0 cm³/mol. The molecule has 0 saturated carbocycles. The number of anilines is 1. The maximum absolute atomic E-state index is 12.5. The molecule has 0 radical (unpaired) electrons. The van der Waals surface area contributed by atoms with Crippen molar-refractivity contribution in [1.29, 1.82) is 0 Å². The Kier molecular flexibility index (Phi) is 2.75. The molecule has 1 aliphatic carbocycles. The Morgan fingerprint density at radius 1 is 0.947 bits per heavy atom. The second-order valence-corrected chi connectivity index (χ2v) is 5.25. The van der Waals surface area contributed by atoms with Gasteiger partial charge in [-0.1, -0.05) is 40.2 Å². The molecule has 0 fully saturated rings. The Balaban J connectivity index is 2.36. The van der Waals surface area contributed by atoms with Gasteiger partial charge in [-0.25, -0.2) is 0 Å². The van der Waals surface area contributed by atoms with Crippen LogP contribution < -0.4 is 5.32 Å². The first-order chi connectivity index (χ1) is 9.13. The van der Waals surface area contributed by atoms with Gasteiger partial charge in [-0.15, -0.1) is 0 Å². The van der Waals surface area contributed by atoms with Crippen LogP contribution in [-0.2, 0) is 0 Å². The van der Waals surface area contributed by atoms with Crippen LogP contribution in [0.15, 0.2) is 40.9 Å². The van der Waals surface area contributed by atoms with E-state index in [0.29, 0.717) is 27.9 Å². The number of ketones is 2. The Hall–Kier alpha value is -1.94. The minimum atomic E-state index is -0.109. The average molecular weight is 316 g/mol. The Bertz CT molecular complexity index is 722. The van der Waals surface area contributed by atoms with Gasteiger partial charge in [0.15, 0.2) is 11.6 Å². The van der Waals surface area contributed by atoms with Gasteiger partial charge in [0.05, 0.1) is 5.56 Å². The molecule has 0 saturated heterocycles. The van der Waals surface area contributed by atoms with Gasteiger partial charge in [0, 0.05) is 33.9 Å². The number of halogens is 1. The fraction of sp³-hybridized carbons (Fsp3) is 0.0667. The van der Waals surface area contributed by atoms with Crippen LogP contribution >= 0.6 is 15.9 Å². The highest BCUT2D eigenvalue weighted by Gasteiger charge is 2.31. The van der Waals surface area contributed by atoms with Crippen molar-refractivity contribution in [2.24, 2.45) is 0 Å². The fourth-order valence-electron chi connectivity index (χ4n) is 2.39. The highest BCUT2D eigenvalue weighted by Crippen LogP contribution is 2.34. The number of benzene rings is 2. The molecule has 19 heavy (non-hydrogen) atoms. The highest BCUT2D eigenvalue weighted by atomic mass is 79.9. The minimum absolute atomic E-state index is 0.108. The molecular weight excluding hydrogens is 306 g/mol. The van der Waals surface area contributed by atoms with Gasteiger partial charge < -0.3 is 5.32 Å². The Morgan fingerprint density at radius 3 is 2.21 bits per heavy atom. The summed E-state index contributed by atoms with van der Waals surface area (Å²) in [6, 6.07) is 10.4. The summed E-state index contributed by atoms with van der Waals surface area (Å²) in [7, 11) is 1.74. The summed E-state index contributed by atoms with van der Waals surface area (Å²) >= 11 is 3.37. The van der Waals surface area contributed by atoms with Gasteiger partial charge in [0.1, 0.15) is 0 Å². The van der Waals surface area contributed by atoms with Crippen LogP contribution in [0.2, 0.25) is 0 Å². The van der Waals surface area contributed by atoms with E-state index in [1.807, 2.05) is 0 Å². The van der Waals surface area contributed by atoms with Gasteiger partial charge in [-0.2, -0.15) is 0 Å². The number of rotatable bonds is 1. The molecule has 0 spiro atoms. The molecule has 3 nitrogen and oxygen atoms in total. The molecule has 2 aromatic rings. The lowest BCUT2D eigenvalue weighted by Crippen LogP contribution is -2.22. The second kappa shape index (κ2) is 4.31. The van der Waals surface area contributed by atoms with Crippen molar-refractivity contribution >= 4 is 33.2 Å². The van der Waals surface area contributed by atoms with Gasteiger partial charge >= 0.3 is 0 Å². The first-order valence-corrected chi connectivity index (χ1v) is 6.62. The standard InChI is InChI=1S/C15H10BrNO2/c1-17-12-7-8(16)6-11-13(12)15(19)10-5-3-2-4-9(10)14(11)18/h2-7,17H,1H3. The van der Waals surface area contributed by atoms with E-state index in [1.165, 1.54) is 0 Å². The maximum Gasteiger partial charge on any atom is 0.196 e. The molecule has 0 heterocycles. The number of carbonyl (C=O) groups excluding carboxylic acids is 2. The van der Waals surface area contributed by atoms with Crippen molar-refractivity contribution in [3.63, 3.8) is 0 Å². The zero-order valence-corrected chi connectivity index (χ0v) is 11.7. The first kappa shape index (κ1) is 12.1. The van der Waals surface area contributed by atoms with Crippen molar-refractivity contribution in [3.05, 3.63) is 63.1 Å². The largest absolute Gasteiger partial charge is 0.387 e. The summed E-state index contributed by atoms with van der Waals surface area (Å²) in [6.07, 6.45) is 0. The number of hydrogen-bond donors (Lipinski definition) is 1. The molecular formula is C15H10BrNO2. The van der Waals surface area contributed by atoms with Gasteiger partial charge in [0.2, 0.25) is 0 Å². The molecule has 0 aromatic heterocycles. The zero-order valence-electron chi connectivity index (χ0n) is 10.2. The SMILES string of the molecule is CNc1cc(Br)cc2c1C(=O)c1ccccc1C2=O. The Labute approximate surface area is 118 Å². The normalized spacial score (nSPS) is 12.9. The van der Waals surface area contributed by atoms with Crippen LogP contribution in [0.3, 0.4) is 0 Å². The molecule has 94 valence electrons. The second-order valence-electron chi connectivity index (χ2n) is 4.33. The van der Waals surface area contributed by atoms with Crippen molar-refractivity contribution in [1.82, 2.24) is 0 Å². The van der Waals surface area contributed by atoms with Crippen molar-refractivity contribution < 1.29 is 9.59 Å². The molecule has 2 aromatic carbocycles. The third-order valence-corrected chi connectivity index (χ3v) is 3.72. The molecule has 1 N–H and O–H groups in total.